The highest BCUT2D eigenvalue weighted by atomic mass is 16.2. The number of piperazine rings is 1. The minimum absolute atomic E-state index is 0.125. The standard InChI is InChI=1S/C18H22N4O/c1-13-5-4-6-16(9-13)11-21-7-8-22(12-17(21)23)18-19-14(2)10-15(3)20-18/h4-6,9-10H,7-8,11-12H2,1-3H3. The van der Waals surface area contributed by atoms with Crippen molar-refractivity contribution in [1.82, 2.24) is 14.9 Å². The van der Waals surface area contributed by atoms with E-state index in [-0.39, 0.29) is 5.91 Å². The largest absolute Gasteiger partial charge is 0.335 e. The van der Waals surface area contributed by atoms with E-state index in [0.717, 1.165) is 17.9 Å². The predicted octanol–water partition coefficient (Wildman–Crippen LogP) is 2.25. The molecule has 23 heavy (non-hydrogen) atoms. The van der Waals surface area contributed by atoms with Crippen molar-refractivity contribution >= 4 is 11.9 Å². The zero-order chi connectivity index (χ0) is 16.4. The van der Waals surface area contributed by atoms with E-state index in [4.69, 9.17) is 0 Å². The molecule has 2 aromatic rings. The van der Waals surface area contributed by atoms with E-state index in [1.165, 1.54) is 11.1 Å². The number of anilines is 1. The molecular formula is C18H22N4O. The molecule has 1 saturated heterocycles. The zero-order valence-corrected chi connectivity index (χ0v) is 13.9. The number of hydrogen-bond donors (Lipinski definition) is 0. The molecule has 0 saturated carbocycles. The Balaban J connectivity index is 1.68. The molecule has 1 aliphatic rings. The van der Waals surface area contributed by atoms with Crippen LogP contribution in [0, 0.1) is 20.8 Å². The Bertz CT molecular complexity index is 708. The Hall–Kier alpha value is -2.43. The summed E-state index contributed by atoms with van der Waals surface area (Å²) in [6, 6.07) is 10.3. The predicted molar refractivity (Wildman–Crippen MR) is 90.3 cm³/mol. The lowest BCUT2D eigenvalue weighted by atomic mass is 10.1. The molecule has 5 nitrogen and oxygen atoms in total. The van der Waals surface area contributed by atoms with Crippen molar-refractivity contribution < 1.29 is 4.79 Å². The van der Waals surface area contributed by atoms with Gasteiger partial charge in [-0.15, -0.1) is 0 Å². The lowest BCUT2D eigenvalue weighted by molar-refractivity contribution is -0.131. The van der Waals surface area contributed by atoms with Crippen LogP contribution in [0.15, 0.2) is 30.3 Å². The lowest BCUT2D eigenvalue weighted by Gasteiger charge is -2.34. The van der Waals surface area contributed by atoms with Crippen LogP contribution in [0.1, 0.15) is 22.5 Å². The maximum Gasteiger partial charge on any atom is 0.242 e. The number of carbonyl (C=O) groups is 1. The van der Waals surface area contributed by atoms with Crippen LogP contribution in [0.3, 0.4) is 0 Å². The van der Waals surface area contributed by atoms with Gasteiger partial charge in [0.25, 0.3) is 0 Å². The molecule has 3 rings (SSSR count). The minimum Gasteiger partial charge on any atom is -0.335 e. The number of amides is 1. The van der Waals surface area contributed by atoms with Crippen molar-refractivity contribution in [1.29, 1.82) is 0 Å². The Kier molecular flexibility index (Phi) is 4.28. The van der Waals surface area contributed by atoms with Crippen LogP contribution < -0.4 is 4.90 Å². The third-order valence-corrected chi connectivity index (χ3v) is 4.03. The van der Waals surface area contributed by atoms with Crippen molar-refractivity contribution in [2.45, 2.75) is 27.3 Å². The van der Waals surface area contributed by atoms with Gasteiger partial charge in [0.05, 0.1) is 0 Å². The first kappa shape index (κ1) is 15.5. The second-order valence-corrected chi connectivity index (χ2v) is 6.18. The second-order valence-electron chi connectivity index (χ2n) is 6.18. The molecule has 1 fully saturated rings. The molecule has 0 unspecified atom stereocenters. The fourth-order valence-corrected chi connectivity index (χ4v) is 2.93. The quantitative estimate of drug-likeness (QED) is 0.872. The minimum atomic E-state index is 0.125. The lowest BCUT2D eigenvalue weighted by Crippen LogP contribution is -2.50. The molecule has 1 aromatic carbocycles. The summed E-state index contributed by atoms with van der Waals surface area (Å²) < 4.78 is 0. The van der Waals surface area contributed by atoms with Gasteiger partial charge in [-0.05, 0) is 32.4 Å². The maximum atomic E-state index is 12.5. The Morgan fingerprint density at radius 3 is 2.43 bits per heavy atom. The van der Waals surface area contributed by atoms with E-state index in [1.54, 1.807) is 0 Å². The van der Waals surface area contributed by atoms with Gasteiger partial charge in [-0.1, -0.05) is 29.8 Å². The van der Waals surface area contributed by atoms with Crippen LogP contribution in [0.5, 0.6) is 0 Å². The van der Waals surface area contributed by atoms with Gasteiger partial charge in [0.1, 0.15) is 6.54 Å². The van der Waals surface area contributed by atoms with Crippen molar-refractivity contribution in [2.24, 2.45) is 0 Å². The number of hydrogen-bond acceptors (Lipinski definition) is 4. The molecule has 1 amide bonds. The molecule has 1 aromatic heterocycles. The van der Waals surface area contributed by atoms with E-state index < -0.39 is 0 Å². The topological polar surface area (TPSA) is 49.3 Å². The highest BCUT2D eigenvalue weighted by molar-refractivity contribution is 5.82. The number of nitrogens with zero attached hydrogens (tertiary/aromatic N) is 4. The van der Waals surface area contributed by atoms with Crippen LogP contribution in [-0.2, 0) is 11.3 Å². The van der Waals surface area contributed by atoms with Gasteiger partial charge < -0.3 is 9.80 Å². The third kappa shape index (κ3) is 3.67. The fourth-order valence-electron chi connectivity index (χ4n) is 2.93. The highest BCUT2D eigenvalue weighted by Gasteiger charge is 2.25. The van der Waals surface area contributed by atoms with Crippen molar-refractivity contribution in [3.05, 3.63) is 52.8 Å². The van der Waals surface area contributed by atoms with Crippen LogP contribution in [0.4, 0.5) is 5.95 Å². The third-order valence-electron chi connectivity index (χ3n) is 4.03. The Labute approximate surface area is 137 Å². The molecule has 0 aliphatic carbocycles. The van der Waals surface area contributed by atoms with Crippen molar-refractivity contribution in [3.8, 4) is 0 Å². The molecule has 0 atom stereocenters. The summed E-state index contributed by atoms with van der Waals surface area (Å²) in [7, 11) is 0. The summed E-state index contributed by atoms with van der Waals surface area (Å²) >= 11 is 0. The van der Waals surface area contributed by atoms with E-state index in [9.17, 15) is 4.79 Å². The normalized spacial score (nSPS) is 15.2. The molecule has 2 heterocycles. The SMILES string of the molecule is Cc1cccc(CN2CCN(c3nc(C)cc(C)n3)CC2=O)c1. The Morgan fingerprint density at radius 1 is 1.04 bits per heavy atom. The van der Waals surface area contributed by atoms with Crippen molar-refractivity contribution in [2.75, 3.05) is 24.5 Å². The monoisotopic (exact) mass is 310 g/mol. The first-order valence-electron chi connectivity index (χ1n) is 7.92. The molecular weight excluding hydrogens is 288 g/mol. The van der Waals surface area contributed by atoms with Gasteiger partial charge in [-0.3, -0.25) is 4.79 Å². The molecule has 0 bridgehead atoms. The van der Waals surface area contributed by atoms with Crippen LogP contribution in [0.25, 0.3) is 0 Å². The number of carbonyl (C=O) groups excluding carboxylic acids is 1. The highest BCUT2D eigenvalue weighted by Crippen LogP contribution is 2.16. The molecule has 0 radical (unpaired) electrons. The zero-order valence-electron chi connectivity index (χ0n) is 13.9. The van der Waals surface area contributed by atoms with E-state index in [2.05, 4.69) is 35.1 Å². The molecule has 120 valence electrons. The summed E-state index contributed by atoms with van der Waals surface area (Å²) in [6.45, 7) is 8.45. The summed E-state index contributed by atoms with van der Waals surface area (Å²) in [5, 5.41) is 0. The number of aromatic nitrogens is 2. The summed E-state index contributed by atoms with van der Waals surface area (Å²) in [5.41, 5.74) is 4.26. The van der Waals surface area contributed by atoms with Crippen LogP contribution in [-0.4, -0.2) is 40.4 Å². The van der Waals surface area contributed by atoms with Gasteiger partial charge in [-0.25, -0.2) is 9.97 Å². The number of benzene rings is 1. The summed E-state index contributed by atoms with van der Waals surface area (Å²) in [6.07, 6.45) is 0. The van der Waals surface area contributed by atoms with Crippen LogP contribution in [0.2, 0.25) is 0 Å². The number of aryl methyl sites for hydroxylation is 3. The maximum absolute atomic E-state index is 12.5. The van der Waals surface area contributed by atoms with Gasteiger partial charge in [0.15, 0.2) is 0 Å². The van der Waals surface area contributed by atoms with Gasteiger partial charge in [0, 0.05) is 31.0 Å². The first-order chi connectivity index (χ1) is 11.0. The van der Waals surface area contributed by atoms with Gasteiger partial charge >= 0.3 is 0 Å². The average Bonchev–Trinajstić information content (AvgIpc) is 2.48. The van der Waals surface area contributed by atoms with Gasteiger partial charge in [-0.2, -0.15) is 0 Å². The summed E-state index contributed by atoms with van der Waals surface area (Å²) in [4.78, 5) is 25.3. The van der Waals surface area contributed by atoms with E-state index in [1.807, 2.05) is 35.8 Å². The van der Waals surface area contributed by atoms with Gasteiger partial charge in [0.2, 0.25) is 11.9 Å². The average molecular weight is 310 g/mol. The van der Waals surface area contributed by atoms with Crippen molar-refractivity contribution in [3.63, 3.8) is 0 Å². The second kappa shape index (κ2) is 6.36. The van der Waals surface area contributed by atoms with E-state index in [0.29, 0.717) is 25.6 Å². The first-order valence-corrected chi connectivity index (χ1v) is 7.92. The number of rotatable bonds is 3. The molecule has 0 N–H and O–H groups in total. The summed E-state index contributed by atoms with van der Waals surface area (Å²) in [5.74, 6) is 0.784. The molecule has 5 heteroatoms. The molecule has 1 aliphatic heterocycles. The van der Waals surface area contributed by atoms with E-state index >= 15 is 0 Å². The van der Waals surface area contributed by atoms with Crippen LogP contribution >= 0.6 is 0 Å². The Morgan fingerprint density at radius 2 is 1.78 bits per heavy atom. The molecule has 0 spiro atoms. The smallest absolute Gasteiger partial charge is 0.242 e. The fraction of sp³-hybridized carbons (Fsp3) is 0.389.